The first-order valence-electron chi connectivity index (χ1n) is 5.87. The van der Waals surface area contributed by atoms with Gasteiger partial charge >= 0.3 is 0 Å². The Bertz CT molecular complexity index is 475. The molecule has 0 saturated carbocycles. The summed E-state index contributed by atoms with van der Waals surface area (Å²) in [6.45, 7) is 4.49. The molecule has 96 valence electrons. The van der Waals surface area contributed by atoms with Crippen LogP contribution in [-0.4, -0.2) is 13.0 Å². The Morgan fingerprint density at radius 2 is 2.11 bits per heavy atom. The van der Waals surface area contributed by atoms with Gasteiger partial charge in [0.1, 0.15) is 5.75 Å². The van der Waals surface area contributed by atoms with Gasteiger partial charge in [0.2, 0.25) is 5.91 Å². The van der Waals surface area contributed by atoms with Crippen molar-refractivity contribution in [3.05, 3.63) is 28.8 Å². The lowest BCUT2D eigenvalue weighted by Crippen LogP contribution is -2.22. The van der Waals surface area contributed by atoms with Crippen LogP contribution >= 0.6 is 0 Å². The molecule has 1 N–H and O–H groups in total. The van der Waals surface area contributed by atoms with E-state index in [1.165, 1.54) is 0 Å². The highest BCUT2D eigenvalue weighted by Gasteiger charge is 2.07. The molecule has 0 heterocycles. The second-order valence-electron chi connectivity index (χ2n) is 4.11. The quantitative estimate of drug-likeness (QED) is 0.866. The summed E-state index contributed by atoms with van der Waals surface area (Å²) in [6.07, 6.45) is 0.511. The lowest BCUT2D eigenvalue weighted by Gasteiger charge is -2.13. The van der Waals surface area contributed by atoms with Crippen LogP contribution in [0.5, 0.6) is 5.75 Å². The fourth-order valence-corrected chi connectivity index (χ4v) is 1.72. The Kier molecular flexibility index (Phi) is 5.19. The minimum Gasteiger partial charge on any atom is -0.496 e. The van der Waals surface area contributed by atoms with Crippen LogP contribution in [0.4, 0.5) is 0 Å². The van der Waals surface area contributed by atoms with Gasteiger partial charge in [-0.1, -0.05) is 6.07 Å². The number of carbonyl (C=O) groups excluding carboxylic acids is 1. The third-order valence-corrected chi connectivity index (χ3v) is 3.01. The molecule has 4 nitrogen and oxygen atoms in total. The molecule has 0 saturated heterocycles. The van der Waals surface area contributed by atoms with E-state index in [0.29, 0.717) is 6.54 Å². The molecule has 18 heavy (non-hydrogen) atoms. The van der Waals surface area contributed by atoms with Crippen molar-refractivity contribution in [3.8, 4) is 11.8 Å². The molecule has 4 heteroatoms. The van der Waals surface area contributed by atoms with Crippen molar-refractivity contribution in [1.82, 2.24) is 5.32 Å². The van der Waals surface area contributed by atoms with Crippen molar-refractivity contribution < 1.29 is 9.53 Å². The second-order valence-corrected chi connectivity index (χ2v) is 4.11. The molecule has 0 atom stereocenters. The molecule has 0 aliphatic carbocycles. The maximum Gasteiger partial charge on any atom is 0.221 e. The Morgan fingerprint density at radius 1 is 1.39 bits per heavy atom. The highest BCUT2D eigenvalue weighted by molar-refractivity contribution is 5.76. The van der Waals surface area contributed by atoms with Gasteiger partial charge in [-0.25, -0.2) is 0 Å². The zero-order chi connectivity index (χ0) is 13.5. The zero-order valence-corrected chi connectivity index (χ0v) is 11.0. The minimum atomic E-state index is -0.0931. The van der Waals surface area contributed by atoms with Crippen LogP contribution in [-0.2, 0) is 11.3 Å². The van der Waals surface area contributed by atoms with E-state index in [0.717, 1.165) is 22.4 Å². The first kappa shape index (κ1) is 14.0. The van der Waals surface area contributed by atoms with Crippen LogP contribution in [0.2, 0.25) is 0 Å². The molecule has 0 spiro atoms. The van der Waals surface area contributed by atoms with E-state index in [9.17, 15) is 4.79 Å². The van der Waals surface area contributed by atoms with Gasteiger partial charge in [0, 0.05) is 19.4 Å². The average Bonchev–Trinajstić information content (AvgIpc) is 2.38. The summed E-state index contributed by atoms with van der Waals surface area (Å²) in [6, 6.07) is 5.81. The maximum absolute atomic E-state index is 11.4. The van der Waals surface area contributed by atoms with Gasteiger partial charge in [0.15, 0.2) is 0 Å². The van der Waals surface area contributed by atoms with E-state index in [1.807, 2.05) is 32.0 Å². The molecular formula is C14H18N2O2. The van der Waals surface area contributed by atoms with Crippen LogP contribution in [0.3, 0.4) is 0 Å². The molecule has 0 aromatic heterocycles. The van der Waals surface area contributed by atoms with Crippen molar-refractivity contribution in [2.45, 2.75) is 33.2 Å². The number of nitrogens with zero attached hydrogens (tertiary/aromatic N) is 1. The molecule has 1 amide bonds. The third-order valence-electron chi connectivity index (χ3n) is 3.01. The summed E-state index contributed by atoms with van der Waals surface area (Å²) in [4.78, 5) is 11.4. The average molecular weight is 246 g/mol. The number of rotatable bonds is 5. The first-order chi connectivity index (χ1) is 8.60. The fourth-order valence-electron chi connectivity index (χ4n) is 1.72. The van der Waals surface area contributed by atoms with Crippen molar-refractivity contribution >= 4 is 5.91 Å². The Labute approximate surface area is 108 Å². The number of nitriles is 1. The van der Waals surface area contributed by atoms with Gasteiger partial charge in [0.25, 0.3) is 0 Å². The number of carbonyl (C=O) groups is 1. The summed E-state index contributed by atoms with van der Waals surface area (Å²) < 4.78 is 5.24. The molecule has 0 radical (unpaired) electrons. The highest BCUT2D eigenvalue weighted by atomic mass is 16.5. The van der Waals surface area contributed by atoms with Gasteiger partial charge in [-0.05, 0) is 36.6 Å². The van der Waals surface area contributed by atoms with Crippen molar-refractivity contribution in [1.29, 1.82) is 5.26 Å². The highest BCUT2D eigenvalue weighted by Crippen LogP contribution is 2.23. The van der Waals surface area contributed by atoms with Gasteiger partial charge in [-0.2, -0.15) is 5.26 Å². The number of methoxy groups -OCH3 is 1. The van der Waals surface area contributed by atoms with Gasteiger partial charge in [-0.3, -0.25) is 4.79 Å². The van der Waals surface area contributed by atoms with Crippen molar-refractivity contribution in [2.24, 2.45) is 0 Å². The molecule has 1 rings (SSSR count). The first-order valence-corrected chi connectivity index (χ1v) is 5.87. The number of amides is 1. The zero-order valence-electron chi connectivity index (χ0n) is 11.0. The standard InChI is InChI=1S/C14H18N2O2/c1-10-11(2)13(18-3)7-6-12(10)9-16-14(17)5-4-8-15/h6-7H,4-5,9H2,1-3H3,(H,16,17). The fraction of sp³-hybridized carbons (Fsp3) is 0.429. The van der Waals surface area contributed by atoms with E-state index < -0.39 is 0 Å². The summed E-state index contributed by atoms with van der Waals surface area (Å²) in [7, 11) is 1.64. The summed E-state index contributed by atoms with van der Waals surface area (Å²) >= 11 is 0. The summed E-state index contributed by atoms with van der Waals surface area (Å²) in [5.41, 5.74) is 3.27. The van der Waals surface area contributed by atoms with Crippen LogP contribution < -0.4 is 10.1 Å². The predicted molar refractivity (Wildman–Crippen MR) is 69.2 cm³/mol. The van der Waals surface area contributed by atoms with Crippen LogP contribution in [0.1, 0.15) is 29.5 Å². The lowest BCUT2D eigenvalue weighted by atomic mass is 10.0. The monoisotopic (exact) mass is 246 g/mol. The lowest BCUT2D eigenvalue weighted by molar-refractivity contribution is -0.121. The minimum absolute atomic E-state index is 0.0931. The van der Waals surface area contributed by atoms with E-state index in [2.05, 4.69) is 5.32 Å². The molecule has 1 aromatic carbocycles. The van der Waals surface area contributed by atoms with Gasteiger partial charge in [0.05, 0.1) is 13.2 Å². The Balaban J connectivity index is 2.66. The smallest absolute Gasteiger partial charge is 0.221 e. The van der Waals surface area contributed by atoms with Crippen LogP contribution in [0.25, 0.3) is 0 Å². The maximum atomic E-state index is 11.4. The topological polar surface area (TPSA) is 62.1 Å². The number of benzene rings is 1. The number of ether oxygens (including phenoxy) is 1. The summed E-state index contributed by atoms with van der Waals surface area (Å²) in [5.74, 6) is 0.761. The van der Waals surface area contributed by atoms with Gasteiger partial charge in [-0.15, -0.1) is 0 Å². The number of hydrogen-bond donors (Lipinski definition) is 1. The predicted octanol–water partition coefficient (Wildman–Crippen LogP) is 2.23. The van der Waals surface area contributed by atoms with E-state index in [-0.39, 0.29) is 18.7 Å². The van der Waals surface area contributed by atoms with Crippen molar-refractivity contribution in [2.75, 3.05) is 7.11 Å². The molecule has 0 fully saturated rings. The van der Waals surface area contributed by atoms with Crippen LogP contribution in [0, 0.1) is 25.2 Å². The molecule has 0 bridgehead atoms. The summed E-state index contributed by atoms with van der Waals surface area (Å²) in [5, 5.41) is 11.2. The van der Waals surface area contributed by atoms with E-state index in [4.69, 9.17) is 10.00 Å². The second kappa shape index (κ2) is 6.65. The molecular weight excluding hydrogens is 228 g/mol. The molecule has 1 aromatic rings. The van der Waals surface area contributed by atoms with Gasteiger partial charge < -0.3 is 10.1 Å². The number of hydrogen-bond acceptors (Lipinski definition) is 3. The number of nitrogens with one attached hydrogen (secondary N) is 1. The van der Waals surface area contributed by atoms with Crippen molar-refractivity contribution in [3.63, 3.8) is 0 Å². The normalized spacial score (nSPS) is 9.67. The van der Waals surface area contributed by atoms with E-state index in [1.54, 1.807) is 7.11 Å². The van der Waals surface area contributed by atoms with E-state index >= 15 is 0 Å². The molecule has 0 aliphatic heterocycles. The molecule has 0 aliphatic rings. The van der Waals surface area contributed by atoms with Crippen LogP contribution in [0.15, 0.2) is 12.1 Å². The third kappa shape index (κ3) is 3.49. The largest absolute Gasteiger partial charge is 0.496 e. The Morgan fingerprint density at radius 3 is 2.72 bits per heavy atom. The SMILES string of the molecule is COc1ccc(CNC(=O)CCC#N)c(C)c1C. The Hall–Kier alpha value is -2.02. The molecule has 0 unspecified atom stereocenters.